The third-order valence-electron chi connectivity index (χ3n) is 4.70. The number of Topliss-reactive ketones (excluding diaryl/α,β-unsaturated/α-hetero) is 1. The highest BCUT2D eigenvalue weighted by Crippen LogP contribution is 2.35. The molecule has 0 fully saturated rings. The molecule has 4 rings (SSSR count). The Hall–Kier alpha value is -4.27. The van der Waals surface area contributed by atoms with Crippen molar-refractivity contribution >= 4 is 51.7 Å². The SMILES string of the molecule is CN(C)C(=O)c1cccc(Nc2nc3c(c4ccc(C(=O)O)cc24)C(=O)C(=O)N3)c1. The third kappa shape index (κ3) is 3.12. The number of aromatic carboxylic acids is 1. The minimum atomic E-state index is -1.14. The summed E-state index contributed by atoms with van der Waals surface area (Å²) in [5.74, 6) is -2.49. The molecule has 150 valence electrons. The molecule has 2 heterocycles. The molecule has 1 aromatic heterocycles. The topological polar surface area (TPSA) is 129 Å². The average molecular weight is 404 g/mol. The number of benzene rings is 2. The van der Waals surface area contributed by atoms with Crippen molar-refractivity contribution in [1.82, 2.24) is 9.88 Å². The van der Waals surface area contributed by atoms with Crippen molar-refractivity contribution < 1.29 is 24.3 Å². The molecular formula is C21H16N4O5. The monoisotopic (exact) mass is 404 g/mol. The number of nitrogens with zero attached hydrogens (tertiary/aromatic N) is 2. The summed E-state index contributed by atoms with van der Waals surface area (Å²) < 4.78 is 0. The summed E-state index contributed by atoms with van der Waals surface area (Å²) in [5.41, 5.74) is 1.10. The molecule has 0 spiro atoms. The van der Waals surface area contributed by atoms with Crippen molar-refractivity contribution in [1.29, 1.82) is 0 Å². The number of aromatic nitrogens is 1. The number of nitrogens with one attached hydrogen (secondary N) is 2. The largest absolute Gasteiger partial charge is 0.478 e. The first kappa shape index (κ1) is 19.1. The molecule has 30 heavy (non-hydrogen) atoms. The van der Waals surface area contributed by atoms with E-state index in [0.717, 1.165) is 0 Å². The Bertz CT molecular complexity index is 1270. The number of fused-ring (bicyclic) bond motifs is 3. The quantitative estimate of drug-likeness (QED) is 0.570. The van der Waals surface area contributed by atoms with Crippen molar-refractivity contribution in [2.45, 2.75) is 0 Å². The normalized spacial score (nSPS) is 12.5. The van der Waals surface area contributed by atoms with Crippen molar-refractivity contribution in [2.24, 2.45) is 0 Å². The third-order valence-corrected chi connectivity index (χ3v) is 4.70. The molecule has 9 nitrogen and oxygen atoms in total. The Balaban J connectivity index is 1.87. The zero-order valence-electron chi connectivity index (χ0n) is 16.0. The maximum Gasteiger partial charge on any atom is 0.335 e. The van der Waals surface area contributed by atoms with Crippen LogP contribution in [-0.4, -0.2) is 52.7 Å². The van der Waals surface area contributed by atoms with Crippen molar-refractivity contribution in [3.8, 4) is 0 Å². The number of rotatable bonds is 4. The minimum Gasteiger partial charge on any atom is -0.478 e. The van der Waals surface area contributed by atoms with E-state index in [9.17, 15) is 24.3 Å². The second-order valence-electron chi connectivity index (χ2n) is 6.94. The molecular weight excluding hydrogens is 388 g/mol. The molecule has 3 N–H and O–H groups in total. The first-order chi connectivity index (χ1) is 14.3. The molecule has 0 bridgehead atoms. The number of pyridine rings is 1. The average Bonchev–Trinajstić information content (AvgIpc) is 3.00. The van der Waals surface area contributed by atoms with Crippen LogP contribution in [0.15, 0.2) is 42.5 Å². The summed E-state index contributed by atoms with van der Waals surface area (Å²) in [6.45, 7) is 0. The highest BCUT2D eigenvalue weighted by molar-refractivity contribution is 6.53. The van der Waals surface area contributed by atoms with Gasteiger partial charge >= 0.3 is 5.97 Å². The van der Waals surface area contributed by atoms with Crippen LogP contribution in [0.2, 0.25) is 0 Å². The number of carbonyl (C=O) groups excluding carboxylic acids is 3. The zero-order valence-corrected chi connectivity index (χ0v) is 16.0. The summed E-state index contributed by atoms with van der Waals surface area (Å²) in [7, 11) is 3.29. The highest BCUT2D eigenvalue weighted by Gasteiger charge is 2.32. The molecule has 0 radical (unpaired) electrons. The number of carboxylic acid groups (broad SMARTS) is 1. The van der Waals surface area contributed by atoms with Gasteiger partial charge in [0.1, 0.15) is 11.6 Å². The molecule has 1 aliphatic heterocycles. The Morgan fingerprint density at radius 1 is 1.03 bits per heavy atom. The Labute approximate surface area is 170 Å². The van der Waals surface area contributed by atoms with Crippen LogP contribution in [0.3, 0.4) is 0 Å². The first-order valence-corrected chi connectivity index (χ1v) is 8.91. The predicted molar refractivity (Wildman–Crippen MR) is 109 cm³/mol. The molecule has 2 aromatic carbocycles. The summed E-state index contributed by atoms with van der Waals surface area (Å²) in [4.78, 5) is 53.5. The maximum absolute atomic E-state index is 12.3. The fourth-order valence-electron chi connectivity index (χ4n) is 3.27. The van der Waals surface area contributed by atoms with Crippen LogP contribution < -0.4 is 10.6 Å². The number of anilines is 3. The van der Waals surface area contributed by atoms with Gasteiger partial charge in [0.05, 0.1) is 11.1 Å². The van der Waals surface area contributed by atoms with Crippen molar-refractivity contribution in [3.05, 3.63) is 59.2 Å². The number of hydrogen-bond donors (Lipinski definition) is 3. The van der Waals surface area contributed by atoms with Gasteiger partial charge in [-0.25, -0.2) is 9.78 Å². The Morgan fingerprint density at radius 2 is 1.80 bits per heavy atom. The van der Waals surface area contributed by atoms with Crippen LogP contribution in [0.5, 0.6) is 0 Å². The lowest BCUT2D eigenvalue weighted by molar-refractivity contribution is -0.112. The van der Waals surface area contributed by atoms with E-state index in [4.69, 9.17) is 0 Å². The van der Waals surface area contributed by atoms with Crippen LogP contribution in [0, 0.1) is 0 Å². The molecule has 0 aliphatic carbocycles. The number of carboxylic acids is 1. The molecule has 3 aromatic rings. The van der Waals surface area contributed by atoms with Gasteiger partial charge in [0.2, 0.25) is 0 Å². The van der Waals surface area contributed by atoms with Crippen molar-refractivity contribution in [3.63, 3.8) is 0 Å². The predicted octanol–water partition coefficient (Wildman–Crippen LogP) is 2.51. The lowest BCUT2D eigenvalue weighted by atomic mass is 10.0. The number of ketones is 1. The Morgan fingerprint density at radius 3 is 2.50 bits per heavy atom. The summed E-state index contributed by atoms with van der Waals surface area (Å²) in [5, 5.41) is 15.6. The first-order valence-electron chi connectivity index (χ1n) is 8.91. The van der Waals surface area contributed by atoms with Crippen LogP contribution >= 0.6 is 0 Å². The van der Waals surface area contributed by atoms with Gasteiger partial charge in [0.25, 0.3) is 17.6 Å². The van der Waals surface area contributed by atoms with Gasteiger partial charge in [-0.05, 0) is 30.3 Å². The van der Waals surface area contributed by atoms with Gasteiger partial charge in [-0.15, -0.1) is 0 Å². The zero-order chi connectivity index (χ0) is 21.6. The van der Waals surface area contributed by atoms with E-state index in [1.54, 1.807) is 38.4 Å². The summed E-state index contributed by atoms with van der Waals surface area (Å²) in [6, 6.07) is 10.9. The second-order valence-corrected chi connectivity index (χ2v) is 6.94. The summed E-state index contributed by atoms with van der Waals surface area (Å²) in [6.07, 6.45) is 0. The van der Waals surface area contributed by atoms with Crippen LogP contribution in [0.25, 0.3) is 10.8 Å². The lowest BCUT2D eigenvalue weighted by Gasteiger charge is -2.14. The van der Waals surface area contributed by atoms with Gasteiger partial charge in [-0.1, -0.05) is 12.1 Å². The smallest absolute Gasteiger partial charge is 0.335 e. The van der Waals surface area contributed by atoms with Gasteiger partial charge < -0.3 is 20.6 Å². The van der Waals surface area contributed by atoms with E-state index in [0.29, 0.717) is 22.0 Å². The summed E-state index contributed by atoms with van der Waals surface area (Å²) >= 11 is 0. The van der Waals surface area contributed by atoms with E-state index in [1.165, 1.54) is 23.1 Å². The minimum absolute atomic E-state index is 0.00793. The molecule has 0 saturated heterocycles. The van der Waals surface area contributed by atoms with E-state index in [-0.39, 0.29) is 28.7 Å². The molecule has 1 aliphatic rings. The highest BCUT2D eigenvalue weighted by atomic mass is 16.4. The van der Waals surface area contributed by atoms with Crippen molar-refractivity contribution in [2.75, 3.05) is 24.7 Å². The van der Waals surface area contributed by atoms with E-state index in [1.807, 2.05) is 0 Å². The number of hydrogen-bond acceptors (Lipinski definition) is 6. The maximum atomic E-state index is 12.3. The van der Waals surface area contributed by atoms with Crippen LogP contribution in [0.4, 0.5) is 17.3 Å². The molecule has 0 saturated carbocycles. The number of carbonyl (C=O) groups is 4. The van der Waals surface area contributed by atoms with Gasteiger partial charge in [-0.2, -0.15) is 0 Å². The molecule has 9 heteroatoms. The second kappa shape index (κ2) is 6.96. The van der Waals surface area contributed by atoms with Gasteiger partial charge in [0.15, 0.2) is 0 Å². The molecule has 0 unspecified atom stereocenters. The fourth-order valence-corrected chi connectivity index (χ4v) is 3.27. The molecule has 0 atom stereocenters. The van der Waals surface area contributed by atoms with Gasteiger partial charge in [0, 0.05) is 36.1 Å². The van der Waals surface area contributed by atoms with E-state index >= 15 is 0 Å². The Kier molecular flexibility index (Phi) is 4.42. The van der Waals surface area contributed by atoms with E-state index < -0.39 is 17.7 Å². The standard InChI is InChI=1S/C21H16N4O5/c1-25(2)20(28)10-4-3-5-12(8-10)22-17-14-9-11(21(29)30)6-7-13(14)15-16(26)19(27)24-18(15)23-17/h3-9H,1-2H3,(H,29,30)(H2,22,23,24,26,27). The van der Waals surface area contributed by atoms with E-state index in [2.05, 4.69) is 15.6 Å². The fraction of sp³-hybridized carbons (Fsp3) is 0.0952. The lowest BCUT2D eigenvalue weighted by Crippen LogP contribution is -2.21. The van der Waals surface area contributed by atoms with Crippen LogP contribution in [-0.2, 0) is 4.79 Å². The number of amides is 2. The van der Waals surface area contributed by atoms with Crippen LogP contribution in [0.1, 0.15) is 31.1 Å². The van der Waals surface area contributed by atoms with Gasteiger partial charge in [-0.3, -0.25) is 14.4 Å². The molecule has 2 amide bonds.